The fraction of sp³-hybridized carbons (Fsp3) is 0.417. The molecule has 0 fully saturated rings. The van der Waals surface area contributed by atoms with E-state index < -0.39 is 17.4 Å². The summed E-state index contributed by atoms with van der Waals surface area (Å²) in [5, 5.41) is 9.44. The lowest BCUT2D eigenvalue weighted by atomic mass is 9.84. The topological polar surface area (TPSA) is 72.8 Å². The molecule has 0 aliphatic heterocycles. The Morgan fingerprint density at radius 3 is 2.21 bits per heavy atom. The zero-order chi connectivity index (χ0) is 21.1. The standard InChI is InChI=1S/C24H30O5/c1-3-28-23(27)24(2,22(25)26)17-16-20-12-14-21(15-13-20)29-18-8-7-11-19-9-5-4-6-10-19/h4-6,9-10,12-15H,3,7-8,11,16-18H2,1-2H3,(H,25,26). The van der Waals surface area contributed by atoms with E-state index in [1.165, 1.54) is 12.5 Å². The molecular weight excluding hydrogens is 368 g/mol. The van der Waals surface area contributed by atoms with E-state index in [0.717, 1.165) is 30.6 Å². The molecule has 5 nitrogen and oxygen atoms in total. The monoisotopic (exact) mass is 398 g/mol. The maximum Gasteiger partial charge on any atom is 0.323 e. The number of carboxylic acids is 1. The Morgan fingerprint density at radius 2 is 1.59 bits per heavy atom. The van der Waals surface area contributed by atoms with E-state index >= 15 is 0 Å². The van der Waals surface area contributed by atoms with E-state index in [9.17, 15) is 14.7 Å². The molecule has 2 rings (SSSR count). The molecule has 0 bridgehead atoms. The van der Waals surface area contributed by atoms with Gasteiger partial charge >= 0.3 is 11.9 Å². The molecule has 0 aliphatic rings. The molecule has 2 aromatic carbocycles. The number of carboxylic acid groups (broad SMARTS) is 1. The molecule has 0 saturated heterocycles. The second-order valence-corrected chi connectivity index (χ2v) is 7.29. The number of unbranched alkanes of at least 4 members (excludes halogenated alkanes) is 1. The summed E-state index contributed by atoms with van der Waals surface area (Å²) < 4.78 is 10.7. The largest absolute Gasteiger partial charge is 0.494 e. The van der Waals surface area contributed by atoms with Crippen LogP contribution in [0.25, 0.3) is 0 Å². The highest BCUT2D eigenvalue weighted by atomic mass is 16.5. The maximum absolute atomic E-state index is 12.0. The van der Waals surface area contributed by atoms with Crippen molar-refractivity contribution >= 4 is 11.9 Å². The summed E-state index contributed by atoms with van der Waals surface area (Å²) in [7, 11) is 0. The summed E-state index contributed by atoms with van der Waals surface area (Å²) >= 11 is 0. The molecule has 0 spiro atoms. The third-order valence-corrected chi connectivity index (χ3v) is 5.01. The molecule has 156 valence electrons. The number of hydrogen-bond donors (Lipinski definition) is 1. The first-order valence-electron chi connectivity index (χ1n) is 10.1. The van der Waals surface area contributed by atoms with Crippen molar-refractivity contribution in [3.63, 3.8) is 0 Å². The van der Waals surface area contributed by atoms with Crippen LogP contribution in [0.2, 0.25) is 0 Å². The van der Waals surface area contributed by atoms with Crippen LogP contribution in [-0.2, 0) is 27.2 Å². The molecule has 0 amide bonds. The molecule has 0 radical (unpaired) electrons. The van der Waals surface area contributed by atoms with E-state index in [2.05, 4.69) is 24.3 Å². The van der Waals surface area contributed by atoms with Gasteiger partial charge < -0.3 is 14.6 Å². The van der Waals surface area contributed by atoms with E-state index in [1.54, 1.807) is 6.92 Å². The Bertz CT molecular complexity index is 770. The number of aryl methyl sites for hydroxylation is 2. The van der Waals surface area contributed by atoms with Crippen LogP contribution in [0.3, 0.4) is 0 Å². The lowest BCUT2D eigenvalue weighted by molar-refractivity contribution is -0.167. The molecule has 0 saturated carbocycles. The fourth-order valence-corrected chi connectivity index (χ4v) is 3.00. The number of rotatable bonds is 12. The van der Waals surface area contributed by atoms with Gasteiger partial charge in [-0.15, -0.1) is 0 Å². The first-order chi connectivity index (χ1) is 14.0. The predicted molar refractivity (Wildman–Crippen MR) is 112 cm³/mol. The number of carbonyl (C=O) groups is 2. The molecule has 1 unspecified atom stereocenters. The molecular formula is C24H30O5. The second-order valence-electron chi connectivity index (χ2n) is 7.29. The van der Waals surface area contributed by atoms with E-state index in [-0.39, 0.29) is 13.0 Å². The van der Waals surface area contributed by atoms with Gasteiger partial charge in [0, 0.05) is 0 Å². The third kappa shape index (κ3) is 6.93. The lowest BCUT2D eigenvalue weighted by Crippen LogP contribution is -2.38. The average Bonchev–Trinajstić information content (AvgIpc) is 2.73. The quantitative estimate of drug-likeness (QED) is 0.319. The van der Waals surface area contributed by atoms with Gasteiger partial charge in [-0.3, -0.25) is 9.59 Å². The van der Waals surface area contributed by atoms with Crippen LogP contribution in [0.15, 0.2) is 54.6 Å². The van der Waals surface area contributed by atoms with Crippen LogP contribution < -0.4 is 4.74 Å². The minimum absolute atomic E-state index is 0.166. The summed E-state index contributed by atoms with van der Waals surface area (Å²) in [6.45, 7) is 3.91. The summed E-state index contributed by atoms with van der Waals surface area (Å²) in [6.07, 6.45) is 3.75. The molecule has 5 heteroatoms. The Morgan fingerprint density at radius 1 is 0.931 bits per heavy atom. The van der Waals surface area contributed by atoms with Gasteiger partial charge in [0.15, 0.2) is 5.41 Å². The lowest BCUT2D eigenvalue weighted by Gasteiger charge is -2.22. The number of carbonyl (C=O) groups excluding carboxylic acids is 1. The minimum atomic E-state index is -1.54. The highest BCUT2D eigenvalue weighted by molar-refractivity contribution is 5.98. The van der Waals surface area contributed by atoms with Gasteiger partial charge in [-0.1, -0.05) is 42.5 Å². The van der Waals surface area contributed by atoms with Crippen molar-refractivity contribution in [3.05, 3.63) is 65.7 Å². The highest BCUT2D eigenvalue weighted by Gasteiger charge is 2.42. The van der Waals surface area contributed by atoms with Crippen LogP contribution in [0.4, 0.5) is 0 Å². The van der Waals surface area contributed by atoms with Crippen molar-refractivity contribution in [2.24, 2.45) is 5.41 Å². The van der Waals surface area contributed by atoms with Crippen molar-refractivity contribution in [3.8, 4) is 5.75 Å². The van der Waals surface area contributed by atoms with Crippen molar-refractivity contribution in [1.82, 2.24) is 0 Å². The minimum Gasteiger partial charge on any atom is -0.494 e. The Hall–Kier alpha value is -2.82. The van der Waals surface area contributed by atoms with Gasteiger partial charge in [0.1, 0.15) is 5.75 Å². The maximum atomic E-state index is 12.0. The Kier molecular flexibility index (Phi) is 8.71. The van der Waals surface area contributed by atoms with E-state index in [4.69, 9.17) is 9.47 Å². The van der Waals surface area contributed by atoms with Crippen molar-refractivity contribution in [1.29, 1.82) is 0 Å². The Balaban J connectivity index is 1.76. The zero-order valence-electron chi connectivity index (χ0n) is 17.2. The van der Waals surface area contributed by atoms with Crippen LogP contribution >= 0.6 is 0 Å². The first-order valence-corrected chi connectivity index (χ1v) is 10.1. The van der Waals surface area contributed by atoms with Gasteiger partial charge in [-0.25, -0.2) is 0 Å². The summed E-state index contributed by atoms with van der Waals surface area (Å²) in [6, 6.07) is 18.0. The second kappa shape index (κ2) is 11.2. The van der Waals surface area contributed by atoms with E-state index in [1.807, 2.05) is 30.3 Å². The molecule has 0 aromatic heterocycles. The fourth-order valence-electron chi connectivity index (χ4n) is 3.00. The molecule has 1 N–H and O–H groups in total. The van der Waals surface area contributed by atoms with Crippen molar-refractivity contribution < 1.29 is 24.2 Å². The SMILES string of the molecule is CCOC(=O)C(C)(CCc1ccc(OCCCCc2ccccc2)cc1)C(=O)O. The summed E-state index contributed by atoms with van der Waals surface area (Å²) in [5.74, 6) is -1.06. The molecule has 2 aromatic rings. The van der Waals surface area contributed by atoms with Crippen LogP contribution in [0.5, 0.6) is 5.75 Å². The van der Waals surface area contributed by atoms with Crippen molar-refractivity contribution in [2.75, 3.05) is 13.2 Å². The van der Waals surface area contributed by atoms with Crippen LogP contribution in [-0.4, -0.2) is 30.3 Å². The van der Waals surface area contributed by atoms with E-state index in [0.29, 0.717) is 13.0 Å². The zero-order valence-corrected chi connectivity index (χ0v) is 17.2. The van der Waals surface area contributed by atoms with Crippen molar-refractivity contribution in [2.45, 2.75) is 46.0 Å². The smallest absolute Gasteiger partial charge is 0.323 e. The molecule has 29 heavy (non-hydrogen) atoms. The molecule has 1 atom stereocenters. The average molecular weight is 398 g/mol. The third-order valence-electron chi connectivity index (χ3n) is 5.01. The number of benzene rings is 2. The van der Waals surface area contributed by atoms with Crippen LogP contribution in [0.1, 0.15) is 44.2 Å². The van der Waals surface area contributed by atoms with Gasteiger partial charge in [-0.2, -0.15) is 0 Å². The molecule has 0 aliphatic carbocycles. The number of hydrogen-bond acceptors (Lipinski definition) is 4. The Labute approximate surface area is 172 Å². The van der Waals surface area contributed by atoms with Gasteiger partial charge in [0.25, 0.3) is 0 Å². The first kappa shape index (κ1) is 22.5. The number of esters is 1. The van der Waals surface area contributed by atoms with Crippen LogP contribution in [0, 0.1) is 5.41 Å². The van der Waals surface area contributed by atoms with Gasteiger partial charge in [-0.05, 0) is 69.2 Å². The number of ether oxygens (including phenoxy) is 2. The molecule has 0 heterocycles. The summed E-state index contributed by atoms with van der Waals surface area (Å²) in [4.78, 5) is 23.6. The van der Waals surface area contributed by atoms with Gasteiger partial charge in [0.05, 0.1) is 13.2 Å². The van der Waals surface area contributed by atoms with Gasteiger partial charge in [0.2, 0.25) is 0 Å². The number of aliphatic carboxylic acids is 1. The highest BCUT2D eigenvalue weighted by Crippen LogP contribution is 2.27. The predicted octanol–water partition coefficient (Wildman–Crippen LogP) is 4.67. The normalized spacial score (nSPS) is 12.8. The summed E-state index contributed by atoms with van der Waals surface area (Å²) in [5.41, 5.74) is 0.760.